The molecule has 1 aromatic rings. The number of hydrogen-bond acceptors (Lipinski definition) is 4. The third-order valence-electron chi connectivity index (χ3n) is 5.15. The lowest BCUT2D eigenvalue weighted by molar-refractivity contribution is -0.146. The first-order valence-electron chi connectivity index (χ1n) is 9.08. The number of esters is 1. The lowest BCUT2D eigenvalue weighted by Gasteiger charge is -2.39. The van der Waals surface area contributed by atoms with Gasteiger partial charge in [0.05, 0.1) is 6.61 Å². The average molecular weight is 375 g/mol. The molecule has 0 spiro atoms. The van der Waals surface area contributed by atoms with Crippen molar-refractivity contribution in [2.45, 2.75) is 46.5 Å². The van der Waals surface area contributed by atoms with Crippen LogP contribution in [0.2, 0.25) is 0 Å². The van der Waals surface area contributed by atoms with Crippen LogP contribution < -0.4 is 0 Å². The standard InChI is InChI=1S/C21H23F2NO3/c1-5-27-20(26)16-11(2)24-14-9-21(3,4)10-15(25)18(14)19(16)17-12(22)7-6-8-13(17)23/h6-8,16,19H,5,9-10H2,1-4H3. The number of Topliss-reactive ketones (excluding diaryl/α,β-unsaturated/α-hetero) is 1. The van der Waals surface area contributed by atoms with Gasteiger partial charge in [0.2, 0.25) is 0 Å². The third-order valence-corrected chi connectivity index (χ3v) is 5.15. The molecule has 144 valence electrons. The summed E-state index contributed by atoms with van der Waals surface area (Å²) in [4.78, 5) is 30.1. The predicted octanol–water partition coefficient (Wildman–Crippen LogP) is 4.35. The third kappa shape index (κ3) is 3.45. The molecule has 3 rings (SSSR count). The molecule has 2 unspecified atom stereocenters. The second-order valence-corrected chi connectivity index (χ2v) is 7.90. The van der Waals surface area contributed by atoms with Crippen molar-refractivity contribution in [2.24, 2.45) is 16.3 Å². The van der Waals surface area contributed by atoms with Gasteiger partial charge in [-0.2, -0.15) is 0 Å². The summed E-state index contributed by atoms with van der Waals surface area (Å²) < 4.78 is 34.5. The fraction of sp³-hybridized carbons (Fsp3) is 0.476. The van der Waals surface area contributed by atoms with Crippen LogP contribution in [0.5, 0.6) is 0 Å². The van der Waals surface area contributed by atoms with Crippen LogP contribution in [0.3, 0.4) is 0 Å². The molecule has 0 saturated heterocycles. The van der Waals surface area contributed by atoms with Crippen LogP contribution in [0, 0.1) is 23.0 Å². The number of carbonyl (C=O) groups excluding carboxylic acids is 2. The zero-order valence-corrected chi connectivity index (χ0v) is 15.9. The van der Waals surface area contributed by atoms with Crippen LogP contribution in [0.25, 0.3) is 0 Å². The number of aliphatic imine (C=N–C) groups is 1. The molecular formula is C21H23F2NO3. The first-order chi connectivity index (χ1) is 12.7. The van der Waals surface area contributed by atoms with Crippen molar-refractivity contribution < 1.29 is 23.1 Å². The van der Waals surface area contributed by atoms with Crippen molar-refractivity contribution >= 4 is 17.5 Å². The molecule has 6 heteroatoms. The van der Waals surface area contributed by atoms with Gasteiger partial charge < -0.3 is 4.74 Å². The molecule has 4 nitrogen and oxygen atoms in total. The van der Waals surface area contributed by atoms with E-state index in [1.807, 2.05) is 13.8 Å². The Kier molecular flexibility index (Phi) is 5.02. The Balaban J connectivity index is 2.25. The fourth-order valence-electron chi connectivity index (χ4n) is 4.10. The molecule has 0 bridgehead atoms. The number of rotatable bonds is 3. The Hall–Kier alpha value is -2.37. The van der Waals surface area contributed by atoms with Gasteiger partial charge in [0.1, 0.15) is 17.6 Å². The van der Waals surface area contributed by atoms with Gasteiger partial charge in [0.15, 0.2) is 5.78 Å². The van der Waals surface area contributed by atoms with Crippen molar-refractivity contribution in [1.82, 2.24) is 0 Å². The molecule has 0 fully saturated rings. The minimum atomic E-state index is -1.07. The molecule has 0 N–H and O–H groups in total. The highest BCUT2D eigenvalue weighted by Crippen LogP contribution is 2.48. The van der Waals surface area contributed by atoms with Crippen molar-refractivity contribution in [3.63, 3.8) is 0 Å². The van der Waals surface area contributed by atoms with E-state index in [0.29, 0.717) is 17.8 Å². The second kappa shape index (κ2) is 6.98. The highest BCUT2D eigenvalue weighted by Gasteiger charge is 2.47. The quantitative estimate of drug-likeness (QED) is 0.738. The molecule has 2 aliphatic rings. The molecule has 27 heavy (non-hydrogen) atoms. The first-order valence-corrected chi connectivity index (χ1v) is 9.08. The van der Waals surface area contributed by atoms with E-state index in [2.05, 4.69) is 4.99 Å². The highest BCUT2D eigenvalue weighted by atomic mass is 19.1. The van der Waals surface area contributed by atoms with Crippen LogP contribution in [0.1, 0.15) is 52.0 Å². The van der Waals surface area contributed by atoms with Crippen molar-refractivity contribution in [1.29, 1.82) is 0 Å². The lowest BCUT2D eigenvalue weighted by Crippen LogP contribution is -2.40. The predicted molar refractivity (Wildman–Crippen MR) is 97.4 cm³/mol. The molecule has 0 radical (unpaired) electrons. The number of allylic oxidation sites excluding steroid dienone is 2. The molecular weight excluding hydrogens is 352 g/mol. The zero-order chi connectivity index (χ0) is 19.9. The number of halogens is 2. The van der Waals surface area contributed by atoms with Gasteiger partial charge >= 0.3 is 5.97 Å². The van der Waals surface area contributed by atoms with Crippen LogP contribution in [0.4, 0.5) is 8.78 Å². The Morgan fingerprint density at radius 2 is 1.89 bits per heavy atom. The number of nitrogens with zero attached hydrogens (tertiary/aromatic N) is 1. The summed E-state index contributed by atoms with van der Waals surface area (Å²) >= 11 is 0. The van der Waals surface area contributed by atoms with Gasteiger partial charge in [-0.3, -0.25) is 14.6 Å². The molecule has 2 atom stereocenters. The van der Waals surface area contributed by atoms with E-state index in [1.165, 1.54) is 6.07 Å². The maximum Gasteiger partial charge on any atom is 0.315 e. The normalized spacial score (nSPS) is 24.4. The summed E-state index contributed by atoms with van der Waals surface area (Å²) in [6.07, 6.45) is 0.746. The number of ketones is 1. The maximum absolute atomic E-state index is 14.7. The minimum absolute atomic E-state index is 0.127. The summed E-state index contributed by atoms with van der Waals surface area (Å²) in [5.41, 5.74) is 0.592. The van der Waals surface area contributed by atoms with E-state index in [9.17, 15) is 18.4 Å². The average Bonchev–Trinajstić information content (AvgIpc) is 2.52. The van der Waals surface area contributed by atoms with E-state index in [1.54, 1.807) is 13.8 Å². The molecule has 1 aromatic carbocycles. The summed E-state index contributed by atoms with van der Waals surface area (Å²) in [6.45, 7) is 7.33. The van der Waals surface area contributed by atoms with E-state index >= 15 is 0 Å². The molecule has 0 aromatic heterocycles. The van der Waals surface area contributed by atoms with E-state index in [0.717, 1.165) is 12.1 Å². The fourth-order valence-corrected chi connectivity index (χ4v) is 4.10. The van der Waals surface area contributed by atoms with Crippen LogP contribution >= 0.6 is 0 Å². The SMILES string of the molecule is CCOC(=O)C1C(C)=NC2=C(C(=O)CC(C)(C)C2)C1c1c(F)cccc1F. The van der Waals surface area contributed by atoms with Gasteiger partial charge in [0.25, 0.3) is 0 Å². The van der Waals surface area contributed by atoms with Gasteiger partial charge in [-0.15, -0.1) is 0 Å². The Morgan fingerprint density at radius 1 is 1.26 bits per heavy atom. The summed E-state index contributed by atoms with van der Waals surface area (Å²) in [7, 11) is 0. The zero-order valence-electron chi connectivity index (χ0n) is 15.9. The molecule has 1 aliphatic heterocycles. The first kappa shape index (κ1) is 19.4. The molecule has 0 saturated carbocycles. The highest BCUT2D eigenvalue weighted by molar-refractivity contribution is 6.09. The summed E-state index contributed by atoms with van der Waals surface area (Å²) in [5.74, 6) is -4.52. The monoisotopic (exact) mass is 375 g/mol. The summed E-state index contributed by atoms with van der Waals surface area (Å²) in [5, 5.41) is 0. The van der Waals surface area contributed by atoms with Crippen molar-refractivity contribution in [3.8, 4) is 0 Å². The van der Waals surface area contributed by atoms with Gasteiger partial charge in [0, 0.05) is 34.9 Å². The van der Waals surface area contributed by atoms with Gasteiger partial charge in [-0.25, -0.2) is 8.78 Å². The Morgan fingerprint density at radius 3 is 2.48 bits per heavy atom. The Bertz CT molecular complexity index is 850. The minimum Gasteiger partial charge on any atom is -0.465 e. The molecule has 0 amide bonds. The largest absolute Gasteiger partial charge is 0.465 e. The van der Waals surface area contributed by atoms with Crippen molar-refractivity contribution in [3.05, 3.63) is 46.7 Å². The summed E-state index contributed by atoms with van der Waals surface area (Å²) in [6, 6.07) is 3.54. The number of ether oxygens (including phenoxy) is 1. The van der Waals surface area contributed by atoms with Gasteiger partial charge in [-0.1, -0.05) is 19.9 Å². The van der Waals surface area contributed by atoms with E-state index < -0.39 is 29.4 Å². The lowest BCUT2D eigenvalue weighted by atomic mass is 9.66. The number of benzene rings is 1. The van der Waals surface area contributed by atoms with Crippen molar-refractivity contribution in [2.75, 3.05) is 6.61 Å². The number of hydrogen-bond donors (Lipinski definition) is 0. The Labute approximate surface area is 157 Å². The van der Waals surface area contributed by atoms with Crippen LogP contribution in [0.15, 0.2) is 34.5 Å². The number of carbonyl (C=O) groups is 2. The van der Waals surface area contributed by atoms with E-state index in [4.69, 9.17) is 4.74 Å². The van der Waals surface area contributed by atoms with Crippen LogP contribution in [-0.2, 0) is 14.3 Å². The maximum atomic E-state index is 14.7. The van der Waals surface area contributed by atoms with Gasteiger partial charge in [-0.05, 0) is 37.8 Å². The molecule has 1 heterocycles. The second-order valence-electron chi connectivity index (χ2n) is 7.90. The smallest absolute Gasteiger partial charge is 0.315 e. The topological polar surface area (TPSA) is 55.7 Å². The molecule has 1 aliphatic carbocycles. The van der Waals surface area contributed by atoms with Crippen LogP contribution in [-0.4, -0.2) is 24.1 Å². The van der Waals surface area contributed by atoms with E-state index in [-0.39, 0.29) is 35.4 Å².